The van der Waals surface area contributed by atoms with Crippen LogP contribution in [-0.4, -0.2) is 21.8 Å². The van der Waals surface area contributed by atoms with Gasteiger partial charge in [-0.15, -0.1) is 0 Å². The lowest BCUT2D eigenvalue weighted by molar-refractivity contribution is 0.108. The number of rotatable bonds is 4. The van der Waals surface area contributed by atoms with Crippen LogP contribution in [0.25, 0.3) is 0 Å². The van der Waals surface area contributed by atoms with E-state index in [-0.39, 0.29) is 5.56 Å². The van der Waals surface area contributed by atoms with E-state index in [2.05, 4.69) is 23.8 Å². The van der Waals surface area contributed by atoms with Crippen LogP contribution in [0.5, 0.6) is 0 Å². The van der Waals surface area contributed by atoms with E-state index in [1.165, 1.54) is 0 Å². The Balaban J connectivity index is 2.14. The molecular formula is C12H18N2O2S. The van der Waals surface area contributed by atoms with Crippen LogP contribution in [0.2, 0.25) is 0 Å². The van der Waals surface area contributed by atoms with E-state index in [1.54, 1.807) is 0 Å². The molecule has 17 heavy (non-hydrogen) atoms. The summed E-state index contributed by atoms with van der Waals surface area (Å²) < 4.78 is 5.27. The number of aromatic amines is 1. The van der Waals surface area contributed by atoms with Crippen LogP contribution in [0.3, 0.4) is 0 Å². The predicted molar refractivity (Wildman–Crippen MR) is 69.3 cm³/mol. The van der Waals surface area contributed by atoms with Crippen molar-refractivity contribution in [3.63, 3.8) is 0 Å². The van der Waals surface area contributed by atoms with Gasteiger partial charge in [0.15, 0.2) is 0 Å². The molecule has 1 aromatic rings. The lowest BCUT2D eigenvalue weighted by atomic mass is 10.1. The van der Waals surface area contributed by atoms with Crippen molar-refractivity contribution in [1.82, 2.24) is 9.97 Å². The molecule has 2 heterocycles. The molecule has 1 atom stereocenters. The minimum absolute atomic E-state index is 0.0329. The Kier molecular flexibility index (Phi) is 4.23. The maximum absolute atomic E-state index is 11.8. The summed E-state index contributed by atoms with van der Waals surface area (Å²) in [6.07, 6.45) is 1.88. The molecule has 0 fully saturated rings. The Bertz CT molecular complexity index is 445. The molecule has 1 aromatic heterocycles. The monoisotopic (exact) mass is 254 g/mol. The number of thioether (sulfide) groups is 1. The van der Waals surface area contributed by atoms with E-state index in [4.69, 9.17) is 4.74 Å². The van der Waals surface area contributed by atoms with Gasteiger partial charge < -0.3 is 9.72 Å². The predicted octanol–water partition coefficient (Wildman–Crippen LogP) is 1.87. The molecule has 0 aliphatic carbocycles. The quantitative estimate of drug-likeness (QED) is 0.891. The summed E-state index contributed by atoms with van der Waals surface area (Å²) in [5.74, 6) is 1.57. The van der Waals surface area contributed by atoms with Gasteiger partial charge in [-0.05, 0) is 6.42 Å². The fraction of sp³-hybridized carbons (Fsp3) is 0.667. The standard InChI is InChI=1S/C12H18N2O2S/c1-3-8(2)17-7-11-13-10-4-5-16-6-9(10)12(15)14-11/h8H,3-7H2,1-2H3,(H,13,14,15). The molecule has 0 amide bonds. The van der Waals surface area contributed by atoms with Crippen LogP contribution < -0.4 is 5.56 Å². The lowest BCUT2D eigenvalue weighted by Gasteiger charge is -2.15. The molecule has 0 spiro atoms. The zero-order chi connectivity index (χ0) is 12.3. The summed E-state index contributed by atoms with van der Waals surface area (Å²) >= 11 is 1.82. The third kappa shape index (κ3) is 3.10. The first kappa shape index (κ1) is 12.6. The molecular weight excluding hydrogens is 236 g/mol. The molecule has 5 heteroatoms. The fourth-order valence-electron chi connectivity index (χ4n) is 1.70. The highest BCUT2D eigenvalue weighted by Gasteiger charge is 2.16. The number of fused-ring (bicyclic) bond motifs is 1. The Morgan fingerprint density at radius 3 is 3.18 bits per heavy atom. The van der Waals surface area contributed by atoms with Crippen LogP contribution in [0, 0.1) is 0 Å². The smallest absolute Gasteiger partial charge is 0.256 e. The van der Waals surface area contributed by atoms with Gasteiger partial charge >= 0.3 is 0 Å². The van der Waals surface area contributed by atoms with Gasteiger partial charge in [0.1, 0.15) is 5.82 Å². The lowest BCUT2D eigenvalue weighted by Crippen LogP contribution is -2.25. The maximum Gasteiger partial charge on any atom is 0.256 e. The molecule has 1 unspecified atom stereocenters. The van der Waals surface area contributed by atoms with Crippen molar-refractivity contribution in [3.05, 3.63) is 27.4 Å². The first-order valence-corrected chi connectivity index (χ1v) is 7.06. The molecule has 94 valence electrons. The minimum Gasteiger partial charge on any atom is -0.376 e. The second-order valence-corrected chi connectivity index (χ2v) is 5.70. The van der Waals surface area contributed by atoms with Crippen molar-refractivity contribution in [2.24, 2.45) is 0 Å². The van der Waals surface area contributed by atoms with Gasteiger partial charge in [-0.1, -0.05) is 13.8 Å². The minimum atomic E-state index is -0.0329. The number of H-pyrrole nitrogens is 1. The zero-order valence-electron chi connectivity index (χ0n) is 10.3. The summed E-state index contributed by atoms with van der Waals surface area (Å²) in [5, 5.41) is 0.597. The zero-order valence-corrected chi connectivity index (χ0v) is 11.1. The van der Waals surface area contributed by atoms with Crippen molar-refractivity contribution in [2.75, 3.05) is 6.61 Å². The number of nitrogens with zero attached hydrogens (tertiary/aromatic N) is 1. The summed E-state index contributed by atoms with van der Waals surface area (Å²) in [6, 6.07) is 0. The summed E-state index contributed by atoms with van der Waals surface area (Å²) in [6.45, 7) is 5.42. The van der Waals surface area contributed by atoms with Gasteiger partial charge in [0.2, 0.25) is 0 Å². The van der Waals surface area contributed by atoms with Gasteiger partial charge in [0.25, 0.3) is 5.56 Å². The molecule has 1 aliphatic rings. The fourth-order valence-corrected chi connectivity index (χ4v) is 2.52. The van der Waals surface area contributed by atoms with Crippen LogP contribution in [0.1, 0.15) is 37.4 Å². The number of nitrogens with one attached hydrogen (secondary N) is 1. The van der Waals surface area contributed by atoms with Crippen molar-refractivity contribution in [3.8, 4) is 0 Å². The SMILES string of the molecule is CCC(C)SCc1nc2c(c(=O)[nH]1)COCC2. The first-order valence-electron chi connectivity index (χ1n) is 6.01. The molecule has 0 bridgehead atoms. The Hall–Kier alpha value is -0.810. The number of hydrogen-bond donors (Lipinski definition) is 1. The van der Waals surface area contributed by atoms with Crippen LogP contribution in [0.4, 0.5) is 0 Å². The normalized spacial score (nSPS) is 16.6. The van der Waals surface area contributed by atoms with Gasteiger partial charge in [-0.3, -0.25) is 4.79 Å². The summed E-state index contributed by atoms with van der Waals surface area (Å²) in [7, 11) is 0. The van der Waals surface area contributed by atoms with Crippen molar-refractivity contribution < 1.29 is 4.74 Å². The van der Waals surface area contributed by atoms with E-state index in [1.807, 2.05) is 11.8 Å². The average molecular weight is 254 g/mol. The van der Waals surface area contributed by atoms with Gasteiger partial charge in [0, 0.05) is 11.7 Å². The highest BCUT2D eigenvalue weighted by molar-refractivity contribution is 7.99. The van der Waals surface area contributed by atoms with E-state index in [9.17, 15) is 4.79 Å². The molecule has 0 saturated heterocycles. The molecule has 0 radical (unpaired) electrons. The van der Waals surface area contributed by atoms with E-state index in [0.717, 1.165) is 30.1 Å². The van der Waals surface area contributed by atoms with Gasteiger partial charge in [-0.25, -0.2) is 4.98 Å². The van der Waals surface area contributed by atoms with Crippen LogP contribution in [-0.2, 0) is 23.5 Å². The van der Waals surface area contributed by atoms with E-state index >= 15 is 0 Å². The third-order valence-electron chi connectivity index (χ3n) is 2.96. The van der Waals surface area contributed by atoms with Crippen LogP contribution in [0.15, 0.2) is 4.79 Å². The molecule has 4 nitrogen and oxygen atoms in total. The van der Waals surface area contributed by atoms with Crippen LogP contribution >= 0.6 is 11.8 Å². The number of aromatic nitrogens is 2. The maximum atomic E-state index is 11.8. The van der Waals surface area contributed by atoms with Gasteiger partial charge in [-0.2, -0.15) is 11.8 Å². The Morgan fingerprint density at radius 1 is 1.59 bits per heavy atom. The topological polar surface area (TPSA) is 55.0 Å². The second kappa shape index (κ2) is 5.69. The van der Waals surface area contributed by atoms with Gasteiger partial charge in [0.05, 0.1) is 30.2 Å². The summed E-state index contributed by atoms with van der Waals surface area (Å²) in [4.78, 5) is 19.2. The first-order chi connectivity index (χ1) is 8.20. The summed E-state index contributed by atoms with van der Waals surface area (Å²) in [5.41, 5.74) is 1.59. The van der Waals surface area contributed by atoms with E-state index < -0.39 is 0 Å². The molecule has 1 N–H and O–H groups in total. The molecule has 2 rings (SSSR count). The highest BCUT2D eigenvalue weighted by Crippen LogP contribution is 2.18. The Morgan fingerprint density at radius 2 is 2.41 bits per heavy atom. The second-order valence-electron chi connectivity index (χ2n) is 4.27. The molecule has 0 saturated carbocycles. The Labute approximate surface area is 105 Å². The highest BCUT2D eigenvalue weighted by atomic mass is 32.2. The third-order valence-corrected chi connectivity index (χ3v) is 4.30. The molecule has 1 aliphatic heterocycles. The van der Waals surface area contributed by atoms with Crippen molar-refractivity contribution in [2.45, 2.75) is 44.3 Å². The number of hydrogen-bond acceptors (Lipinski definition) is 4. The van der Waals surface area contributed by atoms with E-state index in [0.29, 0.717) is 24.0 Å². The average Bonchev–Trinajstić information content (AvgIpc) is 2.36. The number of ether oxygens (including phenoxy) is 1. The largest absolute Gasteiger partial charge is 0.376 e. The molecule has 0 aromatic carbocycles. The van der Waals surface area contributed by atoms with Crippen molar-refractivity contribution in [1.29, 1.82) is 0 Å². The van der Waals surface area contributed by atoms with Crippen molar-refractivity contribution >= 4 is 11.8 Å².